The summed E-state index contributed by atoms with van der Waals surface area (Å²) in [4.78, 5) is 11.5. The van der Waals surface area contributed by atoms with Gasteiger partial charge in [0.15, 0.2) is 6.61 Å². The fraction of sp³-hybridized carbons (Fsp3) is 0.125. The van der Waals surface area contributed by atoms with Crippen LogP contribution < -0.4 is 10.2 Å². The third-order valence-electron chi connectivity index (χ3n) is 2.63. The normalized spacial score (nSPS) is 10.5. The van der Waals surface area contributed by atoms with E-state index in [2.05, 4.69) is 10.5 Å². The van der Waals surface area contributed by atoms with Crippen LogP contribution in [0.2, 0.25) is 5.02 Å². The second-order valence-corrected chi connectivity index (χ2v) is 4.72. The van der Waals surface area contributed by atoms with Gasteiger partial charge < -0.3 is 4.74 Å². The predicted octanol–water partition coefficient (Wildman–Crippen LogP) is 3.06. The summed E-state index contributed by atoms with van der Waals surface area (Å²) in [5, 5.41) is 4.49. The molecule has 1 amide bonds. The van der Waals surface area contributed by atoms with Crippen molar-refractivity contribution in [2.75, 3.05) is 6.61 Å². The van der Waals surface area contributed by atoms with Gasteiger partial charge in [-0.15, -0.1) is 0 Å². The first-order valence-electron chi connectivity index (χ1n) is 6.47. The molecule has 0 spiro atoms. The van der Waals surface area contributed by atoms with Crippen LogP contribution in [0, 0.1) is 0 Å². The van der Waals surface area contributed by atoms with Gasteiger partial charge in [0.05, 0.1) is 0 Å². The van der Waals surface area contributed by atoms with Crippen molar-refractivity contribution >= 4 is 23.7 Å². The summed E-state index contributed by atoms with van der Waals surface area (Å²) in [6, 6.07) is 16.7. The van der Waals surface area contributed by atoms with Gasteiger partial charge in [-0.25, -0.2) is 5.43 Å². The van der Waals surface area contributed by atoms with Crippen LogP contribution in [0.5, 0.6) is 5.75 Å². The summed E-state index contributed by atoms with van der Waals surface area (Å²) in [7, 11) is 0. The van der Waals surface area contributed by atoms with E-state index >= 15 is 0 Å². The minimum atomic E-state index is -0.311. The summed E-state index contributed by atoms with van der Waals surface area (Å²) in [6.45, 7) is -0.0929. The highest BCUT2D eigenvalue weighted by atomic mass is 35.5. The van der Waals surface area contributed by atoms with Crippen LogP contribution >= 0.6 is 11.6 Å². The lowest BCUT2D eigenvalue weighted by atomic mass is 10.2. The lowest BCUT2D eigenvalue weighted by Crippen LogP contribution is -2.24. The molecular formula is C16H15ClN2O2. The van der Waals surface area contributed by atoms with E-state index in [1.54, 1.807) is 30.5 Å². The minimum Gasteiger partial charge on any atom is -0.484 e. The Morgan fingerprint density at radius 2 is 1.86 bits per heavy atom. The molecule has 1 N–H and O–H groups in total. The number of rotatable bonds is 6. The van der Waals surface area contributed by atoms with Gasteiger partial charge in [0.1, 0.15) is 5.75 Å². The molecule has 0 aromatic heterocycles. The highest BCUT2D eigenvalue weighted by Crippen LogP contribution is 2.15. The Balaban J connectivity index is 1.69. The van der Waals surface area contributed by atoms with E-state index in [1.165, 1.54) is 0 Å². The van der Waals surface area contributed by atoms with Crippen LogP contribution in [0.1, 0.15) is 5.56 Å². The molecule has 0 atom stereocenters. The number of nitrogens with zero attached hydrogens (tertiary/aromatic N) is 1. The van der Waals surface area contributed by atoms with Crippen LogP contribution in [0.3, 0.4) is 0 Å². The van der Waals surface area contributed by atoms with Crippen LogP contribution in [0.25, 0.3) is 0 Å². The molecule has 0 saturated heterocycles. The van der Waals surface area contributed by atoms with E-state index in [1.807, 2.05) is 30.3 Å². The Labute approximate surface area is 128 Å². The van der Waals surface area contributed by atoms with Crippen molar-refractivity contribution in [3.8, 4) is 5.75 Å². The number of ether oxygens (including phenoxy) is 1. The van der Waals surface area contributed by atoms with Crippen molar-refractivity contribution in [3.05, 3.63) is 65.2 Å². The van der Waals surface area contributed by atoms with Gasteiger partial charge in [0, 0.05) is 17.7 Å². The topological polar surface area (TPSA) is 50.7 Å². The summed E-state index contributed by atoms with van der Waals surface area (Å²) >= 11 is 5.76. The lowest BCUT2D eigenvalue weighted by molar-refractivity contribution is -0.123. The number of carbonyl (C=O) groups is 1. The summed E-state index contributed by atoms with van der Waals surface area (Å²) in [6.07, 6.45) is 2.31. The summed E-state index contributed by atoms with van der Waals surface area (Å²) in [5.41, 5.74) is 3.55. The molecule has 0 aliphatic rings. The van der Waals surface area contributed by atoms with E-state index in [9.17, 15) is 4.79 Å². The molecule has 0 unspecified atom stereocenters. The van der Waals surface area contributed by atoms with Gasteiger partial charge in [-0.2, -0.15) is 5.10 Å². The van der Waals surface area contributed by atoms with Crippen LogP contribution in [0.4, 0.5) is 0 Å². The highest BCUT2D eigenvalue weighted by molar-refractivity contribution is 6.30. The maximum atomic E-state index is 11.5. The standard InChI is InChI=1S/C16H15ClN2O2/c17-14-6-8-15(9-7-14)21-12-16(20)19-18-11-10-13-4-2-1-3-5-13/h1-9,11H,10,12H2,(H,19,20)/b18-11+. The molecule has 108 valence electrons. The number of amides is 1. The van der Waals surface area contributed by atoms with E-state index in [-0.39, 0.29) is 12.5 Å². The molecule has 0 saturated carbocycles. The van der Waals surface area contributed by atoms with Gasteiger partial charge in [-0.1, -0.05) is 41.9 Å². The molecule has 0 radical (unpaired) electrons. The van der Waals surface area contributed by atoms with Gasteiger partial charge in [-0.3, -0.25) is 4.79 Å². The number of hydrazone groups is 1. The van der Waals surface area contributed by atoms with Gasteiger partial charge in [-0.05, 0) is 29.8 Å². The van der Waals surface area contributed by atoms with Crippen molar-refractivity contribution < 1.29 is 9.53 Å². The maximum absolute atomic E-state index is 11.5. The van der Waals surface area contributed by atoms with E-state index in [0.29, 0.717) is 17.2 Å². The first-order valence-corrected chi connectivity index (χ1v) is 6.84. The van der Waals surface area contributed by atoms with Gasteiger partial charge in [0.2, 0.25) is 0 Å². The molecule has 0 aliphatic carbocycles. The number of carbonyl (C=O) groups excluding carboxylic acids is 1. The minimum absolute atomic E-state index is 0.0929. The monoisotopic (exact) mass is 302 g/mol. The van der Waals surface area contributed by atoms with E-state index in [4.69, 9.17) is 16.3 Å². The van der Waals surface area contributed by atoms with Crippen molar-refractivity contribution in [3.63, 3.8) is 0 Å². The maximum Gasteiger partial charge on any atom is 0.277 e. The zero-order valence-electron chi connectivity index (χ0n) is 11.3. The largest absolute Gasteiger partial charge is 0.484 e. The number of hydrogen-bond acceptors (Lipinski definition) is 3. The Hall–Kier alpha value is -2.33. The SMILES string of the molecule is O=C(COc1ccc(Cl)cc1)N/N=C/Cc1ccccc1. The van der Waals surface area contributed by atoms with Crippen molar-refractivity contribution in [1.82, 2.24) is 5.43 Å². The van der Waals surface area contributed by atoms with Crippen LogP contribution in [-0.4, -0.2) is 18.7 Å². The summed E-state index contributed by atoms with van der Waals surface area (Å²) < 4.78 is 5.29. The van der Waals surface area contributed by atoms with Crippen molar-refractivity contribution in [1.29, 1.82) is 0 Å². The molecule has 0 bridgehead atoms. The first kappa shape index (κ1) is 15.1. The quantitative estimate of drug-likeness (QED) is 0.658. The van der Waals surface area contributed by atoms with Gasteiger partial charge >= 0.3 is 0 Å². The number of halogens is 1. The van der Waals surface area contributed by atoms with E-state index in [0.717, 1.165) is 5.56 Å². The fourth-order valence-electron chi connectivity index (χ4n) is 1.59. The number of nitrogens with one attached hydrogen (secondary N) is 1. The molecule has 4 nitrogen and oxygen atoms in total. The Bertz CT molecular complexity index is 597. The molecule has 2 rings (SSSR count). The van der Waals surface area contributed by atoms with Crippen LogP contribution in [0.15, 0.2) is 59.7 Å². The molecule has 5 heteroatoms. The second kappa shape index (κ2) is 8.07. The second-order valence-electron chi connectivity index (χ2n) is 4.28. The molecule has 0 aliphatic heterocycles. The number of benzene rings is 2. The molecule has 2 aromatic carbocycles. The zero-order chi connectivity index (χ0) is 14.9. The zero-order valence-corrected chi connectivity index (χ0v) is 12.1. The summed E-state index contributed by atoms with van der Waals surface area (Å²) in [5.74, 6) is 0.275. The third kappa shape index (κ3) is 5.67. The van der Waals surface area contributed by atoms with Gasteiger partial charge in [0.25, 0.3) is 5.91 Å². The molecular weight excluding hydrogens is 288 g/mol. The van der Waals surface area contributed by atoms with Crippen molar-refractivity contribution in [2.24, 2.45) is 5.10 Å². The molecule has 0 heterocycles. The average molecular weight is 303 g/mol. The number of hydrogen-bond donors (Lipinski definition) is 1. The molecule has 21 heavy (non-hydrogen) atoms. The Morgan fingerprint density at radius 3 is 2.57 bits per heavy atom. The van der Waals surface area contributed by atoms with Crippen LogP contribution in [-0.2, 0) is 11.2 Å². The third-order valence-corrected chi connectivity index (χ3v) is 2.89. The smallest absolute Gasteiger partial charge is 0.277 e. The highest BCUT2D eigenvalue weighted by Gasteiger charge is 2.01. The Kier molecular flexibility index (Phi) is 5.79. The lowest BCUT2D eigenvalue weighted by Gasteiger charge is -2.04. The Morgan fingerprint density at radius 1 is 1.14 bits per heavy atom. The first-order chi connectivity index (χ1) is 10.2. The predicted molar refractivity (Wildman–Crippen MR) is 83.7 cm³/mol. The van der Waals surface area contributed by atoms with Crippen molar-refractivity contribution in [2.45, 2.75) is 6.42 Å². The fourth-order valence-corrected chi connectivity index (χ4v) is 1.72. The van der Waals surface area contributed by atoms with E-state index < -0.39 is 0 Å². The molecule has 2 aromatic rings. The molecule has 0 fully saturated rings. The average Bonchev–Trinajstić information content (AvgIpc) is 2.52.